The van der Waals surface area contributed by atoms with E-state index in [9.17, 15) is 0 Å². The third kappa shape index (κ3) is 2.42. The summed E-state index contributed by atoms with van der Waals surface area (Å²) in [7, 11) is 0. The van der Waals surface area contributed by atoms with Crippen molar-refractivity contribution in [1.29, 1.82) is 0 Å². The van der Waals surface area contributed by atoms with E-state index in [2.05, 4.69) is 36.9 Å². The van der Waals surface area contributed by atoms with Gasteiger partial charge >= 0.3 is 0 Å². The Morgan fingerprint density at radius 1 is 1.16 bits per heavy atom. The van der Waals surface area contributed by atoms with Gasteiger partial charge in [-0.25, -0.2) is 0 Å². The van der Waals surface area contributed by atoms with Gasteiger partial charge in [-0.15, -0.1) is 0 Å². The lowest BCUT2D eigenvalue weighted by atomic mass is 10.1. The standard InChI is InChI=1S/C16H19ClN2/c1-11(2)16-10-14(17)13-9-12(5-6-15(13)18-16)19-7-3-4-8-19/h5-6,9-11H,3-4,7-8H2,1-2H3. The van der Waals surface area contributed by atoms with Gasteiger partial charge < -0.3 is 4.90 Å². The molecule has 0 unspecified atom stereocenters. The van der Waals surface area contributed by atoms with E-state index in [1.165, 1.54) is 18.5 Å². The van der Waals surface area contributed by atoms with Gasteiger partial charge in [-0.2, -0.15) is 0 Å². The minimum absolute atomic E-state index is 0.403. The minimum atomic E-state index is 0.403. The van der Waals surface area contributed by atoms with Gasteiger partial charge in [0.25, 0.3) is 0 Å². The topological polar surface area (TPSA) is 16.1 Å². The van der Waals surface area contributed by atoms with Crippen LogP contribution in [0.25, 0.3) is 10.9 Å². The normalized spacial score (nSPS) is 15.7. The number of nitrogens with zero attached hydrogens (tertiary/aromatic N) is 2. The van der Waals surface area contributed by atoms with Crippen LogP contribution in [0.5, 0.6) is 0 Å². The summed E-state index contributed by atoms with van der Waals surface area (Å²) >= 11 is 6.43. The Morgan fingerprint density at radius 2 is 1.89 bits per heavy atom. The zero-order valence-corrected chi connectivity index (χ0v) is 12.2. The predicted molar refractivity (Wildman–Crippen MR) is 82.3 cm³/mol. The van der Waals surface area contributed by atoms with E-state index >= 15 is 0 Å². The fourth-order valence-electron chi connectivity index (χ4n) is 2.66. The molecule has 0 spiro atoms. The van der Waals surface area contributed by atoms with Crippen LogP contribution < -0.4 is 4.90 Å². The third-order valence-electron chi connectivity index (χ3n) is 3.82. The van der Waals surface area contributed by atoms with Crippen LogP contribution in [0.1, 0.15) is 38.3 Å². The number of fused-ring (bicyclic) bond motifs is 1. The maximum atomic E-state index is 6.43. The van der Waals surface area contributed by atoms with Crippen LogP contribution in [0.2, 0.25) is 5.02 Å². The third-order valence-corrected chi connectivity index (χ3v) is 4.14. The summed E-state index contributed by atoms with van der Waals surface area (Å²) in [6.07, 6.45) is 2.58. The second kappa shape index (κ2) is 5.01. The van der Waals surface area contributed by atoms with Gasteiger partial charge in [0.2, 0.25) is 0 Å². The Kier molecular flexibility index (Phi) is 3.36. The van der Waals surface area contributed by atoms with Crippen molar-refractivity contribution in [3.63, 3.8) is 0 Å². The Morgan fingerprint density at radius 3 is 2.58 bits per heavy atom. The fourth-order valence-corrected chi connectivity index (χ4v) is 2.92. The summed E-state index contributed by atoms with van der Waals surface area (Å²) in [5, 5.41) is 1.88. The lowest BCUT2D eigenvalue weighted by Gasteiger charge is -2.18. The van der Waals surface area contributed by atoms with E-state index in [0.29, 0.717) is 5.92 Å². The maximum Gasteiger partial charge on any atom is 0.0721 e. The molecule has 3 heteroatoms. The second-order valence-corrected chi connectivity index (χ2v) is 5.99. The first-order valence-electron chi connectivity index (χ1n) is 7.00. The van der Waals surface area contributed by atoms with Gasteiger partial charge in [-0.05, 0) is 43.0 Å². The number of pyridine rings is 1. The molecule has 0 atom stereocenters. The summed E-state index contributed by atoms with van der Waals surface area (Å²) in [5.41, 5.74) is 3.33. The average molecular weight is 275 g/mol. The van der Waals surface area contributed by atoms with Gasteiger partial charge in [-0.1, -0.05) is 25.4 Å². The molecule has 0 bridgehead atoms. The van der Waals surface area contributed by atoms with Crippen LogP contribution in [-0.4, -0.2) is 18.1 Å². The van der Waals surface area contributed by atoms with E-state index in [1.54, 1.807) is 0 Å². The second-order valence-electron chi connectivity index (χ2n) is 5.58. The number of hydrogen-bond donors (Lipinski definition) is 0. The molecule has 0 radical (unpaired) electrons. The highest BCUT2D eigenvalue weighted by Crippen LogP contribution is 2.30. The zero-order chi connectivity index (χ0) is 13.4. The van der Waals surface area contributed by atoms with Gasteiger partial charge in [0, 0.05) is 29.9 Å². The molecular weight excluding hydrogens is 256 g/mol. The molecule has 1 aliphatic rings. The number of rotatable bonds is 2. The molecule has 2 aromatic rings. The molecule has 0 N–H and O–H groups in total. The first kappa shape index (κ1) is 12.7. The van der Waals surface area contributed by atoms with Crippen molar-refractivity contribution < 1.29 is 0 Å². The van der Waals surface area contributed by atoms with Crippen molar-refractivity contribution in [1.82, 2.24) is 4.98 Å². The highest BCUT2D eigenvalue weighted by atomic mass is 35.5. The highest BCUT2D eigenvalue weighted by Gasteiger charge is 2.14. The lowest BCUT2D eigenvalue weighted by molar-refractivity contribution is 0.830. The van der Waals surface area contributed by atoms with Crippen molar-refractivity contribution in [3.8, 4) is 0 Å². The van der Waals surface area contributed by atoms with Crippen LogP contribution in [0.15, 0.2) is 24.3 Å². The van der Waals surface area contributed by atoms with E-state index in [-0.39, 0.29) is 0 Å². The SMILES string of the molecule is CC(C)c1cc(Cl)c2cc(N3CCCC3)ccc2n1. The Labute approximate surface area is 119 Å². The van der Waals surface area contributed by atoms with Crippen molar-refractivity contribution in [2.24, 2.45) is 0 Å². The highest BCUT2D eigenvalue weighted by molar-refractivity contribution is 6.35. The van der Waals surface area contributed by atoms with Gasteiger partial charge in [0.1, 0.15) is 0 Å². The molecule has 1 fully saturated rings. The summed E-state index contributed by atoms with van der Waals surface area (Å²) in [5.74, 6) is 0.403. The molecule has 1 aromatic heterocycles. The Balaban J connectivity index is 2.08. The van der Waals surface area contributed by atoms with Gasteiger partial charge in [0.05, 0.1) is 10.5 Å². The average Bonchev–Trinajstić information content (AvgIpc) is 2.92. The quantitative estimate of drug-likeness (QED) is 0.795. The molecule has 0 saturated carbocycles. The molecule has 19 heavy (non-hydrogen) atoms. The predicted octanol–water partition coefficient (Wildman–Crippen LogP) is 4.61. The van der Waals surface area contributed by atoms with Crippen LogP contribution in [-0.2, 0) is 0 Å². The van der Waals surface area contributed by atoms with Gasteiger partial charge in [0.15, 0.2) is 0 Å². The van der Waals surface area contributed by atoms with Crippen molar-refractivity contribution in [2.45, 2.75) is 32.6 Å². The summed E-state index contributed by atoms with van der Waals surface area (Å²) in [6.45, 7) is 6.59. The first-order valence-corrected chi connectivity index (χ1v) is 7.38. The van der Waals surface area contributed by atoms with Crippen LogP contribution in [0, 0.1) is 0 Å². The summed E-state index contributed by atoms with van der Waals surface area (Å²) in [4.78, 5) is 7.12. The lowest BCUT2D eigenvalue weighted by Crippen LogP contribution is -2.17. The molecule has 3 rings (SSSR count). The first-order chi connectivity index (χ1) is 9.15. The van der Waals surface area contributed by atoms with Crippen molar-refractivity contribution >= 4 is 28.2 Å². The molecule has 0 amide bonds. The zero-order valence-electron chi connectivity index (χ0n) is 11.5. The molecule has 2 heterocycles. The maximum absolute atomic E-state index is 6.43. The Hall–Kier alpha value is -1.28. The molecule has 0 aliphatic carbocycles. The van der Waals surface area contributed by atoms with E-state index in [1.807, 2.05) is 6.07 Å². The largest absolute Gasteiger partial charge is 0.372 e. The fraction of sp³-hybridized carbons (Fsp3) is 0.438. The van der Waals surface area contributed by atoms with Crippen molar-refractivity contribution in [3.05, 3.63) is 35.0 Å². The summed E-state index contributed by atoms with van der Waals surface area (Å²) < 4.78 is 0. The number of aromatic nitrogens is 1. The van der Waals surface area contributed by atoms with E-state index < -0.39 is 0 Å². The van der Waals surface area contributed by atoms with Crippen LogP contribution in [0.3, 0.4) is 0 Å². The molecular formula is C16H19ClN2. The Bertz CT molecular complexity index is 601. The van der Waals surface area contributed by atoms with E-state index in [4.69, 9.17) is 16.6 Å². The van der Waals surface area contributed by atoms with Crippen LogP contribution >= 0.6 is 11.6 Å². The summed E-state index contributed by atoms with van der Waals surface area (Å²) in [6, 6.07) is 8.45. The van der Waals surface area contributed by atoms with E-state index in [0.717, 1.165) is 34.7 Å². The van der Waals surface area contributed by atoms with Crippen molar-refractivity contribution in [2.75, 3.05) is 18.0 Å². The molecule has 1 aliphatic heterocycles. The molecule has 1 saturated heterocycles. The number of halogens is 1. The van der Waals surface area contributed by atoms with Crippen LogP contribution in [0.4, 0.5) is 5.69 Å². The molecule has 100 valence electrons. The molecule has 2 nitrogen and oxygen atoms in total. The monoisotopic (exact) mass is 274 g/mol. The number of anilines is 1. The minimum Gasteiger partial charge on any atom is -0.372 e. The number of hydrogen-bond acceptors (Lipinski definition) is 2. The number of benzene rings is 1. The smallest absolute Gasteiger partial charge is 0.0721 e. The molecule has 1 aromatic carbocycles. The van der Waals surface area contributed by atoms with Gasteiger partial charge in [-0.3, -0.25) is 4.98 Å².